The van der Waals surface area contributed by atoms with E-state index in [1.54, 1.807) is 13.2 Å². The average Bonchev–Trinajstić information content (AvgIpc) is 3.26. The van der Waals surface area contributed by atoms with Gasteiger partial charge in [-0.1, -0.05) is 41.9 Å². The molecule has 208 valence electrons. The number of carbonyl (C=O) groups is 1. The fraction of sp³-hybridized carbons (Fsp3) is 0.567. The Morgan fingerprint density at radius 2 is 1.97 bits per heavy atom. The van der Waals surface area contributed by atoms with Gasteiger partial charge in [0.1, 0.15) is 11.5 Å². The number of rotatable bonds is 10. The van der Waals surface area contributed by atoms with Crippen LogP contribution in [0, 0.1) is 18.8 Å². The molecule has 38 heavy (non-hydrogen) atoms. The first-order valence-corrected chi connectivity index (χ1v) is 14.1. The first-order valence-electron chi connectivity index (χ1n) is 13.7. The predicted molar refractivity (Wildman–Crippen MR) is 148 cm³/mol. The van der Waals surface area contributed by atoms with Crippen LogP contribution >= 0.6 is 11.6 Å². The monoisotopic (exact) mass is 544 g/mol. The minimum Gasteiger partial charge on any atom is -0.455 e. The van der Waals surface area contributed by atoms with Gasteiger partial charge >= 0.3 is 0 Å². The third-order valence-electron chi connectivity index (χ3n) is 8.22. The largest absolute Gasteiger partial charge is 0.455 e. The lowest BCUT2D eigenvalue weighted by Gasteiger charge is -2.44. The van der Waals surface area contributed by atoms with E-state index in [1.807, 2.05) is 48.2 Å². The minimum absolute atomic E-state index is 0.0275. The first kappa shape index (κ1) is 28.8. The van der Waals surface area contributed by atoms with Crippen LogP contribution in [0.5, 0.6) is 11.5 Å². The lowest BCUT2D eigenvalue weighted by Crippen LogP contribution is -2.49. The van der Waals surface area contributed by atoms with Gasteiger partial charge in [0.25, 0.3) is 0 Å². The number of nitrogens with zero attached hydrogens (tertiary/aromatic N) is 1. The van der Waals surface area contributed by atoms with Gasteiger partial charge in [-0.2, -0.15) is 0 Å². The summed E-state index contributed by atoms with van der Waals surface area (Å²) in [6.07, 6.45) is 3.93. The van der Waals surface area contributed by atoms with Gasteiger partial charge in [0.05, 0.1) is 16.7 Å². The number of halogens is 1. The van der Waals surface area contributed by atoms with E-state index in [2.05, 4.69) is 0 Å². The molecule has 2 aromatic rings. The van der Waals surface area contributed by atoms with E-state index >= 15 is 0 Å². The SMILES string of the molecule is COCCCCC(O)(c1ccccc1Oc1c(C)cccc1Cl)[C@@H]1CCCN(C(=O)[C@H]2C[C@@H](N)[C@@H](O)C2)C1. The minimum atomic E-state index is -1.22. The maximum Gasteiger partial charge on any atom is 0.225 e. The molecule has 5 atom stereocenters. The number of methoxy groups -OCH3 is 1. The Labute approximate surface area is 230 Å². The number of aliphatic hydroxyl groups is 2. The number of aliphatic hydroxyl groups excluding tert-OH is 1. The Bertz CT molecular complexity index is 1070. The molecule has 2 fully saturated rings. The van der Waals surface area contributed by atoms with Gasteiger partial charge < -0.3 is 30.3 Å². The molecule has 1 aliphatic carbocycles. The highest BCUT2D eigenvalue weighted by atomic mass is 35.5. The number of likely N-dealkylation sites (tertiary alicyclic amines) is 1. The number of piperidine rings is 1. The molecule has 2 aliphatic rings. The van der Waals surface area contributed by atoms with Crippen LogP contribution in [0.1, 0.15) is 56.1 Å². The number of carbonyl (C=O) groups excluding carboxylic acids is 1. The molecule has 0 aromatic heterocycles. The number of benzene rings is 2. The Kier molecular flexibility index (Phi) is 9.71. The summed E-state index contributed by atoms with van der Waals surface area (Å²) in [7, 11) is 1.68. The summed E-state index contributed by atoms with van der Waals surface area (Å²) in [5.74, 6) is 0.707. The summed E-state index contributed by atoms with van der Waals surface area (Å²) in [5.41, 5.74) is 6.38. The van der Waals surface area contributed by atoms with E-state index < -0.39 is 11.7 Å². The van der Waals surface area contributed by atoms with Crippen molar-refractivity contribution in [2.24, 2.45) is 17.6 Å². The van der Waals surface area contributed by atoms with Crippen LogP contribution in [0.15, 0.2) is 42.5 Å². The number of para-hydroxylation sites is 2. The van der Waals surface area contributed by atoms with E-state index in [-0.39, 0.29) is 23.8 Å². The van der Waals surface area contributed by atoms with Gasteiger partial charge in [0.2, 0.25) is 5.91 Å². The highest BCUT2D eigenvalue weighted by Crippen LogP contribution is 2.45. The molecule has 0 bridgehead atoms. The van der Waals surface area contributed by atoms with Gasteiger partial charge in [0, 0.05) is 50.2 Å². The maximum absolute atomic E-state index is 13.4. The van der Waals surface area contributed by atoms with Crippen molar-refractivity contribution in [2.45, 2.75) is 69.6 Å². The third kappa shape index (κ3) is 6.35. The molecular weight excluding hydrogens is 504 g/mol. The molecule has 1 aliphatic heterocycles. The summed E-state index contributed by atoms with van der Waals surface area (Å²) >= 11 is 6.48. The molecule has 1 saturated carbocycles. The number of hydrogen-bond donors (Lipinski definition) is 3. The van der Waals surface area contributed by atoms with Crippen LogP contribution in [0.25, 0.3) is 0 Å². The molecular formula is C30H41ClN2O5. The second kappa shape index (κ2) is 12.8. The Hall–Kier alpha value is -2.16. The van der Waals surface area contributed by atoms with Crippen molar-refractivity contribution in [1.82, 2.24) is 4.90 Å². The fourth-order valence-electron chi connectivity index (χ4n) is 6.04. The summed E-state index contributed by atoms with van der Waals surface area (Å²) in [6.45, 7) is 3.65. The van der Waals surface area contributed by atoms with Crippen LogP contribution in [0.4, 0.5) is 0 Å². The number of unbranched alkanes of at least 4 members (excludes halogenated alkanes) is 1. The van der Waals surface area contributed by atoms with Crippen molar-refractivity contribution >= 4 is 17.5 Å². The topological polar surface area (TPSA) is 105 Å². The van der Waals surface area contributed by atoms with Crippen molar-refractivity contribution in [1.29, 1.82) is 0 Å². The standard InChI is InChI=1S/C30H41ClN2O5/c1-20-9-7-12-24(31)28(20)38-27-13-4-3-11-23(27)30(36,14-5-6-16-37-2)22-10-8-15-33(19-22)29(35)21-17-25(32)26(34)18-21/h3-4,7,9,11-13,21-22,25-26,34,36H,5-6,8,10,14-19,32H2,1-2H3/t21-,22+,25+,26-,30?/m0/s1. The second-order valence-electron chi connectivity index (χ2n) is 10.9. The summed E-state index contributed by atoms with van der Waals surface area (Å²) in [6, 6.07) is 12.8. The molecule has 0 radical (unpaired) electrons. The van der Waals surface area contributed by atoms with Crippen molar-refractivity contribution in [2.75, 3.05) is 26.8 Å². The fourth-order valence-corrected chi connectivity index (χ4v) is 6.30. The summed E-state index contributed by atoms with van der Waals surface area (Å²) < 4.78 is 11.6. The smallest absolute Gasteiger partial charge is 0.225 e. The molecule has 8 heteroatoms. The van der Waals surface area contributed by atoms with E-state index in [0.29, 0.717) is 61.0 Å². The Morgan fingerprint density at radius 1 is 1.18 bits per heavy atom. The lowest BCUT2D eigenvalue weighted by molar-refractivity contribution is -0.141. The van der Waals surface area contributed by atoms with Crippen LogP contribution in [0.3, 0.4) is 0 Å². The van der Waals surface area contributed by atoms with Crippen molar-refractivity contribution in [3.8, 4) is 11.5 Å². The first-order chi connectivity index (χ1) is 18.2. The van der Waals surface area contributed by atoms with Gasteiger partial charge in [-0.05, 0) is 69.6 Å². The highest BCUT2D eigenvalue weighted by Gasteiger charge is 2.44. The molecule has 4 rings (SSSR count). The molecule has 0 spiro atoms. The third-order valence-corrected chi connectivity index (χ3v) is 8.52. The highest BCUT2D eigenvalue weighted by molar-refractivity contribution is 6.32. The lowest BCUT2D eigenvalue weighted by atomic mass is 9.73. The van der Waals surface area contributed by atoms with Gasteiger partial charge in [-0.3, -0.25) is 4.79 Å². The summed E-state index contributed by atoms with van der Waals surface area (Å²) in [4.78, 5) is 15.3. The van der Waals surface area contributed by atoms with Crippen LogP contribution in [-0.2, 0) is 15.1 Å². The molecule has 1 unspecified atom stereocenters. The zero-order valence-corrected chi connectivity index (χ0v) is 23.2. The van der Waals surface area contributed by atoms with Gasteiger partial charge in [-0.15, -0.1) is 0 Å². The van der Waals surface area contributed by atoms with Crippen molar-refractivity contribution in [3.63, 3.8) is 0 Å². The second-order valence-corrected chi connectivity index (χ2v) is 11.3. The summed E-state index contributed by atoms with van der Waals surface area (Å²) in [5, 5.41) is 23.1. The maximum atomic E-state index is 13.4. The average molecular weight is 545 g/mol. The number of hydrogen-bond acceptors (Lipinski definition) is 6. The molecule has 7 nitrogen and oxygen atoms in total. The molecule has 1 heterocycles. The van der Waals surface area contributed by atoms with Crippen molar-refractivity contribution < 1.29 is 24.5 Å². The molecule has 2 aromatic carbocycles. The predicted octanol–water partition coefficient (Wildman–Crippen LogP) is 4.78. The van der Waals surface area contributed by atoms with Crippen LogP contribution < -0.4 is 10.5 Å². The Balaban J connectivity index is 1.63. The molecule has 1 amide bonds. The van der Waals surface area contributed by atoms with E-state index in [0.717, 1.165) is 31.2 Å². The number of nitrogens with two attached hydrogens (primary N) is 1. The van der Waals surface area contributed by atoms with E-state index in [4.69, 9.17) is 26.8 Å². The van der Waals surface area contributed by atoms with Gasteiger partial charge in [0.15, 0.2) is 0 Å². The zero-order chi connectivity index (χ0) is 27.3. The number of aryl methyl sites for hydroxylation is 1. The van der Waals surface area contributed by atoms with Crippen molar-refractivity contribution in [3.05, 3.63) is 58.6 Å². The van der Waals surface area contributed by atoms with Crippen LogP contribution in [0.2, 0.25) is 5.02 Å². The zero-order valence-electron chi connectivity index (χ0n) is 22.4. The number of amides is 1. The molecule has 1 saturated heterocycles. The number of ether oxygens (including phenoxy) is 2. The quantitative estimate of drug-likeness (QED) is 0.372. The molecule has 4 N–H and O–H groups in total. The normalized spacial score (nSPS) is 25.3. The van der Waals surface area contributed by atoms with E-state index in [9.17, 15) is 15.0 Å². The Morgan fingerprint density at radius 3 is 2.68 bits per heavy atom. The van der Waals surface area contributed by atoms with E-state index in [1.165, 1.54) is 0 Å². The van der Waals surface area contributed by atoms with Crippen LogP contribution in [-0.4, -0.2) is 60.0 Å². The van der Waals surface area contributed by atoms with Gasteiger partial charge in [-0.25, -0.2) is 0 Å².